The third-order valence-corrected chi connectivity index (χ3v) is 3.44. The van der Waals surface area contributed by atoms with Crippen LogP contribution in [0.25, 0.3) is 0 Å². The molecule has 0 aromatic heterocycles. The van der Waals surface area contributed by atoms with Crippen LogP contribution in [-0.2, 0) is 9.53 Å². The van der Waals surface area contributed by atoms with Gasteiger partial charge < -0.3 is 15.4 Å². The van der Waals surface area contributed by atoms with Crippen molar-refractivity contribution in [2.45, 2.75) is 13.0 Å². The van der Waals surface area contributed by atoms with Crippen molar-refractivity contribution in [3.8, 4) is 0 Å². The van der Waals surface area contributed by atoms with E-state index in [0.717, 1.165) is 5.56 Å². The zero-order valence-corrected chi connectivity index (χ0v) is 10.7. The van der Waals surface area contributed by atoms with Gasteiger partial charge in [0.1, 0.15) is 0 Å². The van der Waals surface area contributed by atoms with E-state index in [0.29, 0.717) is 26.3 Å². The molecule has 4 nitrogen and oxygen atoms in total. The molecule has 4 heteroatoms. The second-order valence-corrected chi connectivity index (χ2v) is 4.66. The molecule has 1 heterocycles. The van der Waals surface area contributed by atoms with Crippen molar-refractivity contribution >= 4 is 5.91 Å². The highest BCUT2D eigenvalue weighted by Crippen LogP contribution is 2.21. The number of amides is 1. The molecule has 1 aromatic carbocycles. The molecule has 1 aliphatic heterocycles. The molecule has 1 aromatic rings. The number of carbonyl (C=O) groups excluding carboxylic acids is 1. The third-order valence-electron chi connectivity index (χ3n) is 3.44. The summed E-state index contributed by atoms with van der Waals surface area (Å²) in [6.07, 6.45) is 0. The summed E-state index contributed by atoms with van der Waals surface area (Å²) in [5.41, 5.74) is 7.17. The van der Waals surface area contributed by atoms with E-state index in [9.17, 15) is 4.79 Å². The van der Waals surface area contributed by atoms with Crippen molar-refractivity contribution < 1.29 is 9.53 Å². The normalized spacial score (nSPS) is 19.3. The number of ether oxygens (including phenoxy) is 1. The minimum absolute atomic E-state index is 0.120. The Hall–Kier alpha value is -1.39. The second kappa shape index (κ2) is 5.98. The molecular weight excluding hydrogens is 228 g/mol. The zero-order valence-electron chi connectivity index (χ0n) is 10.7. The molecule has 2 atom stereocenters. The van der Waals surface area contributed by atoms with Crippen molar-refractivity contribution in [1.82, 2.24) is 4.90 Å². The van der Waals surface area contributed by atoms with E-state index in [2.05, 4.69) is 0 Å². The number of morpholine rings is 1. The van der Waals surface area contributed by atoms with E-state index < -0.39 is 0 Å². The Balaban J connectivity index is 2.01. The molecule has 0 saturated carbocycles. The predicted molar refractivity (Wildman–Crippen MR) is 69.9 cm³/mol. The van der Waals surface area contributed by atoms with Gasteiger partial charge in [0, 0.05) is 19.1 Å². The smallest absolute Gasteiger partial charge is 0.227 e. The second-order valence-electron chi connectivity index (χ2n) is 4.66. The van der Waals surface area contributed by atoms with E-state index in [1.165, 1.54) is 0 Å². The van der Waals surface area contributed by atoms with Crippen LogP contribution in [0.2, 0.25) is 0 Å². The number of hydrogen-bond acceptors (Lipinski definition) is 3. The minimum Gasteiger partial charge on any atom is -0.378 e. The fraction of sp³-hybridized carbons (Fsp3) is 0.500. The summed E-state index contributed by atoms with van der Waals surface area (Å²) in [7, 11) is 0. The van der Waals surface area contributed by atoms with Gasteiger partial charge in [0.05, 0.1) is 19.1 Å². The number of hydrogen-bond donors (Lipinski definition) is 1. The lowest BCUT2D eigenvalue weighted by molar-refractivity contribution is -0.139. The van der Waals surface area contributed by atoms with E-state index in [1.54, 1.807) is 0 Å². The number of benzene rings is 1. The fourth-order valence-corrected chi connectivity index (χ4v) is 2.19. The van der Waals surface area contributed by atoms with Crippen LogP contribution in [0.4, 0.5) is 0 Å². The molecular formula is C14H20N2O2. The maximum atomic E-state index is 12.3. The maximum absolute atomic E-state index is 12.3. The van der Waals surface area contributed by atoms with Crippen LogP contribution in [0.3, 0.4) is 0 Å². The lowest BCUT2D eigenvalue weighted by atomic mass is 9.94. The van der Waals surface area contributed by atoms with Crippen LogP contribution in [0.5, 0.6) is 0 Å². The van der Waals surface area contributed by atoms with Crippen LogP contribution in [0.15, 0.2) is 30.3 Å². The molecule has 0 spiro atoms. The molecule has 0 radical (unpaired) electrons. The number of carbonyl (C=O) groups is 1. The highest BCUT2D eigenvalue weighted by atomic mass is 16.5. The van der Waals surface area contributed by atoms with Crippen LogP contribution in [0, 0.1) is 5.92 Å². The van der Waals surface area contributed by atoms with Gasteiger partial charge in [0.25, 0.3) is 0 Å². The first-order valence-corrected chi connectivity index (χ1v) is 6.37. The summed E-state index contributed by atoms with van der Waals surface area (Å²) in [5.74, 6) is -0.0832. The first-order chi connectivity index (χ1) is 8.70. The average molecular weight is 248 g/mol. The van der Waals surface area contributed by atoms with Crippen molar-refractivity contribution in [2.75, 3.05) is 26.3 Å². The fourth-order valence-electron chi connectivity index (χ4n) is 2.19. The first-order valence-electron chi connectivity index (χ1n) is 6.37. The van der Waals surface area contributed by atoms with Gasteiger partial charge in [-0.2, -0.15) is 0 Å². The Kier molecular flexibility index (Phi) is 4.33. The lowest BCUT2D eigenvalue weighted by Gasteiger charge is -2.31. The van der Waals surface area contributed by atoms with Gasteiger partial charge in [-0.3, -0.25) is 4.79 Å². The molecule has 1 saturated heterocycles. The largest absolute Gasteiger partial charge is 0.378 e. The summed E-state index contributed by atoms with van der Waals surface area (Å²) in [5, 5.41) is 0. The van der Waals surface area contributed by atoms with E-state index >= 15 is 0 Å². The predicted octanol–water partition coefficient (Wildman–Crippen LogP) is 1.18. The van der Waals surface area contributed by atoms with Crippen molar-refractivity contribution in [1.29, 1.82) is 0 Å². The van der Waals surface area contributed by atoms with Gasteiger partial charge >= 0.3 is 0 Å². The molecule has 1 fully saturated rings. The molecule has 1 amide bonds. The topological polar surface area (TPSA) is 55.6 Å². The Bertz CT molecular complexity index is 388. The lowest BCUT2D eigenvalue weighted by Crippen LogP contribution is -2.45. The summed E-state index contributed by atoms with van der Waals surface area (Å²) >= 11 is 0. The van der Waals surface area contributed by atoms with Crippen LogP contribution in [0.1, 0.15) is 18.5 Å². The highest BCUT2D eigenvalue weighted by molar-refractivity contribution is 5.79. The van der Waals surface area contributed by atoms with Crippen molar-refractivity contribution in [3.63, 3.8) is 0 Å². The third kappa shape index (κ3) is 2.89. The van der Waals surface area contributed by atoms with Gasteiger partial charge in [-0.1, -0.05) is 37.3 Å². The van der Waals surface area contributed by atoms with Crippen LogP contribution in [-0.4, -0.2) is 37.1 Å². The van der Waals surface area contributed by atoms with Gasteiger partial charge in [-0.25, -0.2) is 0 Å². The Morgan fingerprint density at radius 1 is 1.28 bits per heavy atom. The molecule has 98 valence electrons. The highest BCUT2D eigenvalue weighted by Gasteiger charge is 2.27. The Labute approximate surface area is 108 Å². The summed E-state index contributed by atoms with van der Waals surface area (Å²) in [4.78, 5) is 14.1. The summed E-state index contributed by atoms with van der Waals surface area (Å²) in [6, 6.07) is 9.52. The Morgan fingerprint density at radius 2 is 1.89 bits per heavy atom. The van der Waals surface area contributed by atoms with E-state index in [1.807, 2.05) is 42.2 Å². The standard InChI is InChI=1S/C14H20N2O2/c1-11(13(15)12-5-3-2-4-6-12)14(17)16-7-9-18-10-8-16/h2-6,11,13H,7-10,15H2,1H3. The molecule has 2 rings (SSSR count). The van der Waals surface area contributed by atoms with Gasteiger partial charge in [0.15, 0.2) is 0 Å². The van der Waals surface area contributed by atoms with Crippen molar-refractivity contribution in [2.24, 2.45) is 11.7 Å². The summed E-state index contributed by atoms with van der Waals surface area (Å²) < 4.78 is 5.25. The maximum Gasteiger partial charge on any atom is 0.227 e. The molecule has 1 aliphatic rings. The SMILES string of the molecule is CC(C(=O)N1CCOCC1)C(N)c1ccccc1. The first kappa shape index (κ1) is 13.1. The molecule has 0 aliphatic carbocycles. The van der Waals surface area contributed by atoms with Gasteiger partial charge in [-0.15, -0.1) is 0 Å². The summed E-state index contributed by atoms with van der Waals surface area (Å²) in [6.45, 7) is 4.49. The quantitative estimate of drug-likeness (QED) is 0.874. The monoisotopic (exact) mass is 248 g/mol. The van der Waals surface area contributed by atoms with Crippen molar-refractivity contribution in [3.05, 3.63) is 35.9 Å². The molecule has 18 heavy (non-hydrogen) atoms. The number of nitrogens with zero attached hydrogens (tertiary/aromatic N) is 1. The molecule has 0 bridgehead atoms. The number of nitrogens with two attached hydrogens (primary N) is 1. The molecule has 2 N–H and O–H groups in total. The van der Waals surface area contributed by atoms with Gasteiger partial charge in [-0.05, 0) is 5.56 Å². The molecule has 2 unspecified atom stereocenters. The van der Waals surface area contributed by atoms with Gasteiger partial charge in [0.2, 0.25) is 5.91 Å². The van der Waals surface area contributed by atoms with Crippen LogP contribution >= 0.6 is 0 Å². The van der Waals surface area contributed by atoms with E-state index in [4.69, 9.17) is 10.5 Å². The Morgan fingerprint density at radius 3 is 2.50 bits per heavy atom. The van der Waals surface area contributed by atoms with E-state index in [-0.39, 0.29) is 17.9 Å². The minimum atomic E-state index is -0.249. The zero-order chi connectivity index (χ0) is 13.0. The average Bonchev–Trinajstić information content (AvgIpc) is 2.47. The number of rotatable bonds is 3. The van der Waals surface area contributed by atoms with Crippen LogP contribution < -0.4 is 5.73 Å².